The Bertz CT molecular complexity index is 592. The largest absolute Gasteiger partial charge is 0.486 e. The van der Waals surface area contributed by atoms with Gasteiger partial charge in [-0.3, -0.25) is 0 Å². The highest BCUT2D eigenvalue weighted by atomic mass is 32.2. The van der Waals surface area contributed by atoms with Gasteiger partial charge in [-0.1, -0.05) is 0 Å². The minimum absolute atomic E-state index is 0.0875. The molecule has 0 bridgehead atoms. The average molecular weight is 268 g/mol. The Morgan fingerprint density at radius 3 is 2.67 bits per heavy atom. The molecule has 6 nitrogen and oxygen atoms in total. The summed E-state index contributed by atoms with van der Waals surface area (Å²) in [7, 11) is -2.30. The highest BCUT2D eigenvalue weighted by molar-refractivity contribution is 7.89. The lowest BCUT2D eigenvalue weighted by molar-refractivity contribution is 0.171. The van der Waals surface area contributed by atoms with E-state index in [4.69, 9.17) is 14.7 Å². The topological polar surface area (TPSA) is 79.6 Å². The standard InChI is InChI=1S/C11H12N2O4S/c1-13(5-4-12)18(14,15)9-2-3-10-11(8-9)17-7-6-16-10/h2-3,8H,5-7H2,1H3. The van der Waals surface area contributed by atoms with Crippen LogP contribution in [-0.4, -0.2) is 39.5 Å². The Labute approximate surface area is 105 Å². The molecule has 7 heteroatoms. The Hall–Kier alpha value is -1.78. The molecule has 0 saturated heterocycles. The molecule has 18 heavy (non-hydrogen) atoms. The maximum absolute atomic E-state index is 12.1. The molecule has 0 N–H and O–H groups in total. The van der Waals surface area contributed by atoms with Crippen molar-refractivity contribution in [2.75, 3.05) is 26.8 Å². The van der Waals surface area contributed by atoms with E-state index in [-0.39, 0.29) is 11.4 Å². The second-order valence-corrected chi connectivity index (χ2v) is 5.77. The molecule has 1 aliphatic rings. The fraction of sp³-hybridized carbons (Fsp3) is 0.364. The van der Waals surface area contributed by atoms with E-state index in [0.29, 0.717) is 24.7 Å². The predicted molar refractivity (Wildman–Crippen MR) is 62.9 cm³/mol. The van der Waals surface area contributed by atoms with E-state index in [1.807, 2.05) is 0 Å². The predicted octanol–water partition coefficient (Wildman–Crippen LogP) is 0.602. The van der Waals surface area contributed by atoms with E-state index in [1.54, 1.807) is 12.1 Å². The van der Waals surface area contributed by atoms with E-state index in [9.17, 15) is 8.42 Å². The van der Waals surface area contributed by atoms with Crippen molar-refractivity contribution < 1.29 is 17.9 Å². The average Bonchev–Trinajstić information content (AvgIpc) is 2.38. The number of nitrogens with zero attached hydrogens (tertiary/aromatic N) is 2. The molecule has 0 radical (unpaired) electrons. The molecule has 0 saturated carbocycles. The number of ether oxygens (including phenoxy) is 2. The number of rotatable bonds is 3. The first-order valence-electron chi connectivity index (χ1n) is 5.28. The van der Waals surface area contributed by atoms with Gasteiger partial charge in [0.05, 0.1) is 11.0 Å². The van der Waals surface area contributed by atoms with E-state index in [1.165, 1.54) is 19.2 Å². The van der Waals surface area contributed by atoms with Crippen molar-refractivity contribution in [2.45, 2.75) is 4.90 Å². The lowest BCUT2D eigenvalue weighted by Gasteiger charge is -2.20. The van der Waals surface area contributed by atoms with E-state index in [2.05, 4.69) is 0 Å². The molecule has 0 aromatic heterocycles. The SMILES string of the molecule is CN(CC#N)S(=O)(=O)c1ccc2c(c1)OCCO2. The first-order valence-corrected chi connectivity index (χ1v) is 6.72. The number of hydrogen-bond acceptors (Lipinski definition) is 5. The number of hydrogen-bond donors (Lipinski definition) is 0. The number of nitriles is 1. The second-order valence-electron chi connectivity index (χ2n) is 3.72. The van der Waals surface area contributed by atoms with Gasteiger partial charge in [-0.25, -0.2) is 8.42 Å². The Kier molecular flexibility index (Phi) is 3.41. The number of benzene rings is 1. The first-order chi connectivity index (χ1) is 8.55. The van der Waals surface area contributed by atoms with E-state index in [0.717, 1.165) is 4.31 Å². The van der Waals surface area contributed by atoms with Crippen LogP contribution in [0.3, 0.4) is 0 Å². The zero-order valence-electron chi connectivity index (χ0n) is 9.79. The van der Waals surface area contributed by atoms with Crippen molar-refractivity contribution in [3.05, 3.63) is 18.2 Å². The summed E-state index contributed by atoms with van der Waals surface area (Å²) in [5.74, 6) is 0.941. The summed E-state index contributed by atoms with van der Waals surface area (Å²) in [5, 5.41) is 8.54. The Morgan fingerprint density at radius 2 is 2.00 bits per heavy atom. The summed E-state index contributed by atoms with van der Waals surface area (Å²) >= 11 is 0. The van der Waals surface area contributed by atoms with Gasteiger partial charge in [0.1, 0.15) is 19.8 Å². The van der Waals surface area contributed by atoms with Crippen LogP contribution in [-0.2, 0) is 10.0 Å². The molecule has 0 unspecified atom stereocenters. The van der Waals surface area contributed by atoms with E-state index < -0.39 is 10.0 Å². The van der Waals surface area contributed by atoms with Crippen molar-refractivity contribution in [1.82, 2.24) is 4.31 Å². The molecule has 1 aromatic carbocycles. The minimum Gasteiger partial charge on any atom is -0.486 e. The van der Waals surface area contributed by atoms with Crippen LogP contribution < -0.4 is 9.47 Å². The molecule has 0 fully saturated rings. The van der Waals surface area contributed by atoms with Crippen molar-refractivity contribution >= 4 is 10.0 Å². The van der Waals surface area contributed by atoms with Crippen LogP contribution in [0.5, 0.6) is 11.5 Å². The van der Waals surface area contributed by atoms with Gasteiger partial charge < -0.3 is 9.47 Å². The Morgan fingerprint density at radius 1 is 1.33 bits per heavy atom. The number of fused-ring (bicyclic) bond motifs is 1. The van der Waals surface area contributed by atoms with Crippen LogP contribution in [0, 0.1) is 11.3 Å². The maximum Gasteiger partial charge on any atom is 0.243 e. The van der Waals surface area contributed by atoms with Crippen molar-refractivity contribution in [1.29, 1.82) is 5.26 Å². The molecule has 1 heterocycles. The number of sulfonamides is 1. The van der Waals surface area contributed by atoms with Gasteiger partial charge in [0.15, 0.2) is 11.5 Å². The molecule has 2 rings (SSSR count). The zero-order chi connectivity index (χ0) is 13.2. The molecule has 96 valence electrons. The van der Waals surface area contributed by atoms with Crippen LogP contribution in [0.2, 0.25) is 0 Å². The summed E-state index contributed by atoms with van der Waals surface area (Å²) < 4.78 is 35.8. The molecule has 0 spiro atoms. The van der Waals surface area contributed by atoms with Gasteiger partial charge in [0.2, 0.25) is 10.0 Å². The lowest BCUT2D eigenvalue weighted by atomic mass is 10.3. The monoisotopic (exact) mass is 268 g/mol. The van der Waals surface area contributed by atoms with Crippen molar-refractivity contribution in [3.8, 4) is 17.6 Å². The van der Waals surface area contributed by atoms with Crippen LogP contribution in [0.15, 0.2) is 23.1 Å². The van der Waals surface area contributed by atoms with Crippen LogP contribution >= 0.6 is 0 Å². The summed E-state index contributed by atoms with van der Waals surface area (Å²) in [6.07, 6.45) is 0. The fourth-order valence-corrected chi connectivity index (χ4v) is 2.63. The summed E-state index contributed by atoms with van der Waals surface area (Å²) in [4.78, 5) is 0.0875. The first kappa shape index (κ1) is 12.7. The molecule has 0 amide bonds. The van der Waals surface area contributed by atoms with Gasteiger partial charge >= 0.3 is 0 Å². The minimum atomic E-state index is -3.66. The quantitative estimate of drug-likeness (QED) is 0.750. The van der Waals surface area contributed by atoms with Gasteiger partial charge in [0.25, 0.3) is 0 Å². The highest BCUT2D eigenvalue weighted by Crippen LogP contribution is 2.32. The fourth-order valence-electron chi connectivity index (χ4n) is 1.55. The van der Waals surface area contributed by atoms with Crippen LogP contribution in [0.4, 0.5) is 0 Å². The molecule has 0 atom stereocenters. The molecular formula is C11H12N2O4S. The van der Waals surface area contributed by atoms with Gasteiger partial charge in [0, 0.05) is 13.1 Å². The van der Waals surface area contributed by atoms with Crippen molar-refractivity contribution in [2.24, 2.45) is 0 Å². The lowest BCUT2D eigenvalue weighted by Crippen LogP contribution is -2.27. The molecule has 0 aliphatic carbocycles. The third kappa shape index (κ3) is 2.25. The Balaban J connectivity index is 2.37. The second kappa shape index (κ2) is 4.84. The summed E-state index contributed by atoms with van der Waals surface area (Å²) in [5.41, 5.74) is 0. The summed E-state index contributed by atoms with van der Waals surface area (Å²) in [6.45, 7) is 0.648. The van der Waals surface area contributed by atoms with Gasteiger partial charge in [-0.15, -0.1) is 0 Å². The normalized spacial score (nSPS) is 14.3. The third-order valence-corrected chi connectivity index (χ3v) is 4.31. The third-order valence-electron chi connectivity index (χ3n) is 2.52. The van der Waals surface area contributed by atoms with Gasteiger partial charge in [-0.2, -0.15) is 9.57 Å². The van der Waals surface area contributed by atoms with E-state index >= 15 is 0 Å². The van der Waals surface area contributed by atoms with Crippen molar-refractivity contribution in [3.63, 3.8) is 0 Å². The zero-order valence-corrected chi connectivity index (χ0v) is 10.6. The smallest absolute Gasteiger partial charge is 0.243 e. The highest BCUT2D eigenvalue weighted by Gasteiger charge is 2.23. The van der Waals surface area contributed by atoms with Crippen LogP contribution in [0.25, 0.3) is 0 Å². The molecule has 1 aliphatic heterocycles. The summed E-state index contributed by atoms with van der Waals surface area (Å²) in [6, 6.07) is 6.21. The van der Waals surface area contributed by atoms with Gasteiger partial charge in [-0.05, 0) is 12.1 Å². The maximum atomic E-state index is 12.1. The van der Waals surface area contributed by atoms with Crippen LogP contribution in [0.1, 0.15) is 0 Å². The molecule has 1 aromatic rings. The molecular weight excluding hydrogens is 256 g/mol.